The summed E-state index contributed by atoms with van der Waals surface area (Å²) in [6, 6.07) is 10.2. The molecule has 3 aromatic rings. The molecule has 0 aliphatic heterocycles. The molecule has 0 radical (unpaired) electrons. The maximum Gasteiger partial charge on any atom is 0.150 e. The number of halogens is 1. The second-order valence-corrected chi connectivity index (χ2v) is 7.02. The standard InChI is InChI=1S/C18H16ClN3O2S/c1-9-16(10(2)25-22-9)17-14(11-3-5-13(23)6-4-11)7-12(19)8-15(17)18(20)21-24/h3-8,23-24H,1-2H3,(H2,20,21). The molecule has 1 heterocycles. The molecule has 0 aliphatic rings. The predicted octanol–water partition coefficient (Wildman–Crippen LogP) is 4.76. The van der Waals surface area contributed by atoms with E-state index in [2.05, 4.69) is 4.37 Å². The summed E-state index contributed by atoms with van der Waals surface area (Å²) in [6.45, 7) is 3.88. The third-order valence-electron chi connectivity index (χ3n) is 3.95. The van der Waals surface area contributed by atoms with Gasteiger partial charge < -0.3 is 5.11 Å². The molecule has 1 aromatic heterocycles. The van der Waals surface area contributed by atoms with Crippen LogP contribution in [0, 0.1) is 19.3 Å². The van der Waals surface area contributed by atoms with Gasteiger partial charge in [0.1, 0.15) is 11.6 Å². The van der Waals surface area contributed by atoms with E-state index in [4.69, 9.17) is 17.0 Å². The Morgan fingerprint density at radius 2 is 1.84 bits per heavy atom. The molecule has 25 heavy (non-hydrogen) atoms. The van der Waals surface area contributed by atoms with Crippen molar-refractivity contribution < 1.29 is 10.3 Å². The summed E-state index contributed by atoms with van der Waals surface area (Å²) in [4.78, 5) is 1.01. The van der Waals surface area contributed by atoms with Crippen LogP contribution >= 0.6 is 23.1 Å². The van der Waals surface area contributed by atoms with Crippen molar-refractivity contribution in [1.82, 2.24) is 9.85 Å². The maximum absolute atomic E-state index is 9.57. The van der Waals surface area contributed by atoms with Crippen molar-refractivity contribution in [1.29, 1.82) is 5.41 Å². The lowest BCUT2D eigenvalue weighted by Gasteiger charge is -2.17. The summed E-state index contributed by atoms with van der Waals surface area (Å²) >= 11 is 7.66. The molecular formula is C18H16ClN3O2S. The van der Waals surface area contributed by atoms with E-state index in [1.54, 1.807) is 30.3 Å². The number of hydrogen-bond acceptors (Lipinski definition) is 5. The molecule has 128 valence electrons. The zero-order chi connectivity index (χ0) is 18.1. The lowest BCUT2D eigenvalue weighted by Crippen LogP contribution is -2.20. The molecular weight excluding hydrogens is 358 g/mol. The van der Waals surface area contributed by atoms with Crippen LogP contribution in [0.15, 0.2) is 36.4 Å². The Morgan fingerprint density at radius 3 is 2.40 bits per heavy atom. The van der Waals surface area contributed by atoms with Gasteiger partial charge in [0.15, 0.2) is 0 Å². The molecule has 0 spiro atoms. The zero-order valence-electron chi connectivity index (χ0n) is 13.6. The fraction of sp³-hybridized carbons (Fsp3) is 0.111. The van der Waals surface area contributed by atoms with Gasteiger partial charge in [-0.2, -0.15) is 4.37 Å². The molecule has 0 unspecified atom stereocenters. The third kappa shape index (κ3) is 3.24. The van der Waals surface area contributed by atoms with Crippen molar-refractivity contribution in [2.24, 2.45) is 0 Å². The van der Waals surface area contributed by atoms with Gasteiger partial charge in [0.05, 0.1) is 5.69 Å². The van der Waals surface area contributed by atoms with E-state index in [0.717, 1.165) is 32.8 Å². The van der Waals surface area contributed by atoms with Crippen LogP contribution in [-0.2, 0) is 0 Å². The number of aromatic hydroxyl groups is 1. The van der Waals surface area contributed by atoms with Gasteiger partial charge in [-0.15, -0.1) is 0 Å². The number of hydroxylamine groups is 1. The van der Waals surface area contributed by atoms with Crippen LogP contribution in [0.2, 0.25) is 5.02 Å². The lowest BCUT2D eigenvalue weighted by atomic mass is 9.89. The first-order valence-electron chi connectivity index (χ1n) is 7.47. The molecule has 0 saturated carbocycles. The average molecular weight is 374 g/mol. The van der Waals surface area contributed by atoms with Gasteiger partial charge in [-0.05, 0) is 60.8 Å². The Hall–Kier alpha value is -2.41. The highest BCUT2D eigenvalue weighted by atomic mass is 35.5. The lowest BCUT2D eigenvalue weighted by molar-refractivity contribution is 0.234. The molecule has 7 heteroatoms. The Morgan fingerprint density at radius 1 is 1.16 bits per heavy atom. The summed E-state index contributed by atoms with van der Waals surface area (Å²) in [5.41, 5.74) is 6.55. The van der Waals surface area contributed by atoms with E-state index in [1.165, 1.54) is 11.5 Å². The normalized spacial score (nSPS) is 10.7. The maximum atomic E-state index is 9.57. The first-order chi connectivity index (χ1) is 11.9. The Labute approximate surface area is 154 Å². The second-order valence-electron chi connectivity index (χ2n) is 5.61. The van der Waals surface area contributed by atoms with Gasteiger partial charge in [-0.3, -0.25) is 16.1 Å². The predicted molar refractivity (Wildman–Crippen MR) is 101 cm³/mol. The van der Waals surface area contributed by atoms with Gasteiger partial charge in [-0.1, -0.05) is 23.7 Å². The zero-order valence-corrected chi connectivity index (χ0v) is 15.2. The minimum absolute atomic E-state index is 0.150. The molecule has 3 rings (SSSR count). The summed E-state index contributed by atoms with van der Waals surface area (Å²) < 4.78 is 4.41. The van der Waals surface area contributed by atoms with Crippen molar-refractivity contribution in [3.8, 4) is 28.0 Å². The molecule has 0 bridgehead atoms. The number of phenols is 1. The number of amidine groups is 1. The van der Waals surface area contributed by atoms with E-state index < -0.39 is 0 Å². The van der Waals surface area contributed by atoms with Crippen molar-refractivity contribution >= 4 is 29.0 Å². The highest BCUT2D eigenvalue weighted by Gasteiger charge is 2.21. The van der Waals surface area contributed by atoms with E-state index in [9.17, 15) is 10.3 Å². The second kappa shape index (κ2) is 6.84. The summed E-state index contributed by atoms with van der Waals surface area (Å²) in [5, 5.41) is 27.4. The van der Waals surface area contributed by atoms with Crippen LogP contribution in [0.25, 0.3) is 22.3 Å². The first kappa shape index (κ1) is 17.4. The van der Waals surface area contributed by atoms with Crippen molar-refractivity contribution in [3.63, 3.8) is 0 Å². The van der Waals surface area contributed by atoms with Crippen LogP contribution < -0.4 is 5.48 Å². The number of nitrogens with one attached hydrogen (secondary N) is 2. The SMILES string of the molecule is Cc1nsc(C)c1-c1c(C(=N)NO)cc(Cl)cc1-c1ccc(O)cc1. The van der Waals surface area contributed by atoms with Crippen LogP contribution in [-0.4, -0.2) is 20.5 Å². The molecule has 0 saturated heterocycles. The van der Waals surface area contributed by atoms with E-state index in [1.807, 2.05) is 25.4 Å². The molecule has 0 atom stereocenters. The number of nitrogens with zero attached hydrogens (tertiary/aromatic N) is 1. The number of phenolic OH excluding ortho intramolecular Hbond substituents is 1. The topological polar surface area (TPSA) is 89.2 Å². The Kier molecular flexibility index (Phi) is 4.76. The fourth-order valence-electron chi connectivity index (χ4n) is 2.84. The monoisotopic (exact) mass is 373 g/mol. The Balaban J connectivity index is 2.40. The van der Waals surface area contributed by atoms with E-state index in [0.29, 0.717) is 10.6 Å². The van der Waals surface area contributed by atoms with Gasteiger partial charge in [0, 0.05) is 26.6 Å². The molecule has 5 nitrogen and oxygen atoms in total. The number of rotatable bonds is 3. The average Bonchev–Trinajstić information content (AvgIpc) is 2.93. The first-order valence-corrected chi connectivity index (χ1v) is 8.62. The molecule has 0 aliphatic carbocycles. The van der Waals surface area contributed by atoms with Crippen molar-refractivity contribution in [2.45, 2.75) is 13.8 Å². The minimum Gasteiger partial charge on any atom is -0.508 e. The summed E-state index contributed by atoms with van der Waals surface area (Å²) in [5.74, 6) is 0.0180. The molecule has 4 N–H and O–H groups in total. The van der Waals surface area contributed by atoms with Crippen molar-refractivity contribution in [2.75, 3.05) is 0 Å². The molecule has 2 aromatic carbocycles. The fourth-order valence-corrected chi connectivity index (χ4v) is 3.77. The highest BCUT2D eigenvalue weighted by Crippen LogP contribution is 2.41. The summed E-state index contributed by atoms with van der Waals surface area (Å²) in [6.07, 6.45) is 0. The van der Waals surface area contributed by atoms with Crippen LogP contribution in [0.3, 0.4) is 0 Å². The van der Waals surface area contributed by atoms with Crippen LogP contribution in [0.1, 0.15) is 16.1 Å². The highest BCUT2D eigenvalue weighted by molar-refractivity contribution is 7.06. The van der Waals surface area contributed by atoms with Gasteiger partial charge in [0.2, 0.25) is 0 Å². The smallest absolute Gasteiger partial charge is 0.150 e. The van der Waals surface area contributed by atoms with Crippen LogP contribution in [0.5, 0.6) is 5.75 Å². The van der Waals surface area contributed by atoms with Gasteiger partial charge in [0.25, 0.3) is 0 Å². The third-order valence-corrected chi connectivity index (χ3v) is 5.01. The van der Waals surface area contributed by atoms with Gasteiger partial charge in [-0.25, -0.2) is 0 Å². The molecule has 0 amide bonds. The minimum atomic E-state index is -0.150. The number of aryl methyl sites for hydroxylation is 2. The van der Waals surface area contributed by atoms with E-state index >= 15 is 0 Å². The number of aromatic nitrogens is 1. The number of benzene rings is 2. The number of hydrogen-bond donors (Lipinski definition) is 4. The Bertz CT molecular complexity index is 932. The molecule has 0 fully saturated rings. The summed E-state index contributed by atoms with van der Waals surface area (Å²) in [7, 11) is 0. The van der Waals surface area contributed by atoms with E-state index in [-0.39, 0.29) is 11.6 Å². The van der Waals surface area contributed by atoms with Crippen molar-refractivity contribution in [3.05, 3.63) is 57.6 Å². The van der Waals surface area contributed by atoms with Gasteiger partial charge >= 0.3 is 0 Å². The quantitative estimate of drug-likeness (QED) is 0.303. The van der Waals surface area contributed by atoms with Crippen LogP contribution in [0.4, 0.5) is 0 Å². The largest absolute Gasteiger partial charge is 0.508 e.